The standard InChI is InChI=1S/C16H28N4O4/c1-11-9-14(22)19(16(11)24)12(15(23)17-2)10-13(21)18-7-6-8-20(3,4)5/h9,12H,6-8,10H2,1-5H3,(H3-,17,18,21,22,23,24)/p+1. The van der Waals surface area contributed by atoms with Crippen molar-refractivity contribution in [3.63, 3.8) is 0 Å². The molecule has 0 spiro atoms. The van der Waals surface area contributed by atoms with Crippen LogP contribution in [-0.2, 0) is 9.59 Å². The van der Waals surface area contributed by atoms with Crippen molar-refractivity contribution >= 4 is 11.8 Å². The van der Waals surface area contributed by atoms with Crippen LogP contribution in [0.15, 0.2) is 6.07 Å². The number of amides is 2. The molecular formula is C16H29N4O4+. The molecule has 1 aromatic rings. The van der Waals surface area contributed by atoms with Crippen molar-refractivity contribution < 1.29 is 24.3 Å². The summed E-state index contributed by atoms with van der Waals surface area (Å²) in [6.07, 6.45) is 0.651. The molecule has 1 heterocycles. The van der Waals surface area contributed by atoms with E-state index in [1.54, 1.807) is 6.92 Å². The summed E-state index contributed by atoms with van der Waals surface area (Å²) in [4.78, 5) is 24.2. The zero-order valence-electron chi connectivity index (χ0n) is 15.1. The highest BCUT2D eigenvalue weighted by Gasteiger charge is 2.28. The van der Waals surface area contributed by atoms with Gasteiger partial charge >= 0.3 is 0 Å². The molecule has 0 aliphatic heterocycles. The highest BCUT2D eigenvalue weighted by Crippen LogP contribution is 2.32. The Morgan fingerprint density at radius 2 is 1.92 bits per heavy atom. The molecular weight excluding hydrogens is 312 g/mol. The Balaban J connectivity index is 2.74. The van der Waals surface area contributed by atoms with E-state index in [1.807, 2.05) is 0 Å². The number of aromatic hydroxyl groups is 2. The van der Waals surface area contributed by atoms with Gasteiger partial charge in [-0.2, -0.15) is 0 Å². The fourth-order valence-electron chi connectivity index (χ4n) is 2.43. The number of aromatic nitrogens is 1. The molecule has 136 valence electrons. The quantitative estimate of drug-likeness (QED) is 0.398. The molecule has 0 saturated carbocycles. The number of carbonyl (C=O) groups is 2. The van der Waals surface area contributed by atoms with Crippen LogP contribution >= 0.6 is 0 Å². The second kappa shape index (κ2) is 8.05. The normalized spacial score (nSPS) is 12.7. The van der Waals surface area contributed by atoms with E-state index in [-0.39, 0.29) is 24.1 Å². The molecule has 24 heavy (non-hydrogen) atoms. The monoisotopic (exact) mass is 341 g/mol. The molecule has 0 radical (unpaired) electrons. The molecule has 8 nitrogen and oxygen atoms in total. The summed E-state index contributed by atoms with van der Waals surface area (Å²) in [7, 11) is 7.66. The molecule has 4 N–H and O–H groups in total. The lowest BCUT2D eigenvalue weighted by Crippen LogP contribution is -2.38. The number of hydrogen-bond donors (Lipinski definition) is 4. The Labute approximate surface area is 142 Å². The SMILES string of the molecule is CNC(=O)C(CC(=O)NCCC[N+](C)(C)C)n1c(O)cc(C)c1O. The van der Waals surface area contributed by atoms with E-state index in [1.165, 1.54) is 13.1 Å². The largest absolute Gasteiger partial charge is 0.494 e. The first-order chi connectivity index (χ1) is 11.1. The number of quaternary nitrogens is 1. The number of rotatable bonds is 8. The lowest BCUT2D eigenvalue weighted by molar-refractivity contribution is -0.870. The molecule has 8 heteroatoms. The minimum Gasteiger partial charge on any atom is -0.494 e. The van der Waals surface area contributed by atoms with Gasteiger partial charge in [0.25, 0.3) is 0 Å². The number of aryl methyl sites for hydroxylation is 1. The van der Waals surface area contributed by atoms with E-state index in [0.717, 1.165) is 22.0 Å². The smallest absolute Gasteiger partial charge is 0.243 e. The van der Waals surface area contributed by atoms with Crippen LogP contribution < -0.4 is 10.6 Å². The first-order valence-corrected chi connectivity index (χ1v) is 7.95. The summed E-state index contributed by atoms with van der Waals surface area (Å²) in [5, 5.41) is 25.2. The van der Waals surface area contributed by atoms with Gasteiger partial charge in [0, 0.05) is 31.6 Å². The molecule has 2 amide bonds. The van der Waals surface area contributed by atoms with Gasteiger partial charge in [0.2, 0.25) is 11.8 Å². The average Bonchev–Trinajstić information content (AvgIpc) is 2.73. The summed E-state index contributed by atoms with van der Waals surface area (Å²) >= 11 is 0. The Hall–Kier alpha value is -2.22. The maximum Gasteiger partial charge on any atom is 0.243 e. The maximum absolute atomic E-state index is 12.1. The molecule has 1 aromatic heterocycles. The van der Waals surface area contributed by atoms with Crippen LogP contribution in [0.5, 0.6) is 11.8 Å². The molecule has 0 fully saturated rings. The minimum atomic E-state index is -1.01. The van der Waals surface area contributed by atoms with E-state index < -0.39 is 11.9 Å². The Morgan fingerprint density at radius 1 is 1.29 bits per heavy atom. The van der Waals surface area contributed by atoms with Gasteiger partial charge in [-0.05, 0) is 6.92 Å². The zero-order valence-corrected chi connectivity index (χ0v) is 15.1. The summed E-state index contributed by atoms with van der Waals surface area (Å²) < 4.78 is 1.88. The lowest BCUT2D eigenvalue weighted by atomic mass is 10.1. The molecule has 0 aliphatic carbocycles. The van der Waals surface area contributed by atoms with E-state index in [4.69, 9.17) is 0 Å². The van der Waals surface area contributed by atoms with Crippen molar-refractivity contribution in [3.05, 3.63) is 11.6 Å². The van der Waals surface area contributed by atoms with Crippen molar-refractivity contribution in [2.24, 2.45) is 0 Å². The van der Waals surface area contributed by atoms with Crippen LogP contribution in [0.2, 0.25) is 0 Å². The van der Waals surface area contributed by atoms with Crippen LogP contribution in [0, 0.1) is 6.92 Å². The van der Waals surface area contributed by atoms with Gasteiger partial charge in [-0.1, -0.05) is 0 Å². The molecule has 0 bridgehead atoms. The fraction of sp³-hybridized carbons (Fsp3) is 0.625. The molecule has 1 atom stereocenters. The first kappa shape index (κ1) is 19.8. The first-order valence-electron chi connectivity index (χ1n) is 7.95. The number of hydrogen-bond acceptors (Lipinski definition) is 4. The highest BCUT2D eigenvalue weighted by molar-refractivity contribution is 5.87. The van der Waals surface area contributed by atoms with E-state index in [0.29, 0.717) is 12.1 Å². The van der Waals surface area contributed by atoms with Crippen molar-refractivity contribution in [2.45, 2.75) is 25.8 Å². The van der Waals surface area contributed by atoms with E-state index >= 15 is 0 Å². The topological polar surface area (TPSA) is 104 Å². The lowest BCUT2D eigenvalue weighted by Gasteiger charge is -2.24. The molecule has 0 saturated heterocycles. The van der Waals surface area contributed by atoms with Crippen LogP contribution in [0.4, 0.5) is 0 Å². The second-order valence-corrected chi connectivity index (χ2v) is 6.93. The second-order valence-electron chi connectivity index (χ2n) is 6.93. The summed E-state index contributed by atoms with van der Waals surface area (Å²) in [5.74, 6) is -1.25. The van der Waals surface area contributed by atoms with Gasteiger partial charge in [-0.25, -0.2) is 0 Å². The van der Waals surface area contributed by atoms with Crippen LogP contribution in [-0.4, -0.2) is 72.4 Å². The third-order valence-corrected chi connectivity index (χ3v) is 3.74. The molecule has 0 aliphatic rings. The van der Waals surface area contributed by atoms with Crippen molar-refractivity contribution in [1.82, 2.24) is 15.2 Å². The summed E-state index contributed by atoms with van der Waals surface area (Å²) in [5.41, 5.74) is 0.435. The molecule has 1 unspecified atom stereocenters. The Kier molecular flexibility index (Phi) is 6.65. The maximum atomic E-state index is 12.1. The fourth-order valence-corrected chi connectivity index (χ4v) is 2.43. The van der Waals surface area contributed by atoms with Crippen molar-refractivity contribution in [2.75, 3.05) is 41.3 Å². The summed E-state index contributed by atoms with van der Waals surface area (Å²) in [6.45, 7) is 3.03. The third kappa shape index (κ3) is 5.45. The van der Waals surface area contributed by atoms with Crippen molar-refractivity contribution in [3.8, 4) is 11.8 Å². The van der Waals surface area contributed by atoms with Crippen LogP contribution in [0.25, 0.3) is 0 Å². The van der Waals surface area contributed by atoms with Gasteiger partial charge in [0.1, 0.15) is 6.04 Å². The van der Waals surface area contributed by atoms with E-state index in [9.17, 15) is 19.8 Å². The van der Waals surface area contributed by atoms with Gasteiger partial charge in [0.15, 0.2) is 11.8 Å². The predicted octanol–water partition coefficient (Wildman–Crippen LogP) is 0.0974. The number of nitrogens with zero attached hydrogens (tertiary/aromatic N) is 2. The van der Waals surface area contributed by atoms with Crippen molar-refractivity contribution in [1.29, 1.82) is 0 Å². The Morgan fingerprint density at radius 3 is 2.38 bits per heavy atom. The summed E-state index contributed by atoms with van der Waals surface area (Å²) in [6, 6.07) is 0.340. The Bertz CT molecular complexity index is 590. The minimum absolute atomic E-state index is 0.167. The van der Waals surface area contributed by atoms with Crippen LogP contribution in [0.3, 0.4) is 0 Å². The zero-order chi connectivity index (χ0) is 18.5. The average molecular weight is 341 g/mol. The number of carbonyl (C=O) groups excluding carboxylic acids is 2. The highest BCUT2D eigenvalue weighted by atomic mass is 16.3. The number of likely N-dealkylation sites (N-methyl/N-ethyl adjacent to an activating group) is 1. The molecule has 0 aromatic carbocycles. The number of nitrogens with one attached hydrogen (secondary N) is 2. The third-order valence-electron chi connectivity index (χ3n) is 3.74. The van der Waals surface area contributed by atoms with Gasteiger partial charge < -0.3 is 25.3 Å². The predicted molar refractivity (Wildman–Crippen MR) is 90.7 cm³/mol. The molecule has 1 rings (SSSR count). The van der Waals surface area contributed by atoms with Gasteiger partial charge in [-0.15, -0.1) is 0 Å². The van der Waals surface area contributed by atoms with Gasteiger partial charge in [0.05, 0.1) is 34.1 Å². The van der Waals surface area contributed by atoms with Gasteiger partial charge in [-0.3, -0.25) is 14.2 Å². The van der Waals surface area contributed by atoms with E-state index in [2.05, 4.69) is 31.8 Å². The van der Waals surface area contributed by atoms with Crippen LogP contribution in [0.1, 0.15) is 24.4 Å².